The number of rotatable bonds is 4. The molecular formula is C7H9N3O3S. The fraction of sp³-hybridized carbons (Fsp3) is 0.286. The maximum atomic E-state index is 10.9. The minimum Gasteiger partial charge on any atom is -0.481 e. The van der Waals surface area contributed by atoms with Crippen LogP contribution in [0.3, 0.4) is 0 Å². The number of hydrogen-bond acceptors (Lipinski definition) is 5. The molecule has 4 N–H and O–H groups in total. The Morgan fingerprint density at radius 1 is 1.71 bits per heavy atom. The van der Waals surface area contributed by atoms with Gasteiger partial charge in [0, 0.05) is 11.8 Å². The summed E-state index contributed by atoms with van der Waals surface area (Å²) in [5, 5.41) is 8.71. The number of anilines is 1. The molecule has 0 aliphatic heterocycles. The highest BCUT2D eigenvalue weighted by Crippen LogP contribution is 2.12. The van der Waals surface area contributed by atoms with Crippen molar-refractivity contribution in [2.75, 3.05) is 11.5 Å². The zero-order chi connectivity index (χ0) is 10.6. The zero-order valence-corrected chi connectivity index (χ0v) is 8.00. The van der Waals surface area contributed by atoms with Crippen molar-refractivity contribution in [3.63, 3.8) is 0 Å². The van der Waals surface area contributed by atoms with E-state index < -0.39 is 5.97 Å². The number of nitrogens with one attached hydrogen (secondary N) is 1. The van der Waals surface area contributed by atoms with Crippen molar-refractivity contribution in [3.05, 3.63) is 16.4 Å². The van der Waals surface area contributed by atoms with E-state index >= 15 is 0 Å². The number of H-pyrrole nitrogens is 1. The van der Waals surface area contributed by atoms with Crippen LogP contribution in [-0.4, -0.2) is 26.8 Å². The van der Waals surface area contributed by atoms with Crippen LogP contribution in [0.1, 0.15) is 6.42 Å². The van der Waals surface area contributed by atoms with E-state index in [1.165, 1.54) is 6.07 Å². The van der Waals surface area contributed by atoms with E-state index in [0.717, 1.165) is 11.8 Å². The van der Waals surface area contributed by atoms with Gasteiger partial charge in [0.1, 0.15) is 5.82 Å². The van der Waals surface area contributed by atoms with Crippen molar-refractivity contribution < 1.29 is 9.90 Å². The van der Waals surface area contributed by atoms with Gasteiger partial charge in [-0.25, -0.2) is 4.98 Å². The van der Waals surface area contributed by atoms with Crippen molar-refractivity contribution in [1.29, 1.82) is 0 Å². The van der Waals surface area contributed by atoms with Crippen LogP contribution < -0.4 is 11.3 Å². The summed E-state index contributed by atoms with van der Waals surface area (Å²) in [6.07, 6.45) is 0.0170. The van der Waals surface area contributed by atoms with E-state index in [0.29, 0.717) is 10.9 Å². The number of hydrogen-bond donors (Lipinski definition) is 3. The maximum absolute atomic E-state index is 10.9. The van der Waals surface area contributed by atoms with E-state index in [2.05, 4.69) is 9.97 Å². The summed E-state index contributed by atoms with van der Waals surface area (Å²) >= 11 is 1.15. The van der Waals surface area contributed by atoms with E-state index in [-0.39, 0.29) is 17.8 Å². The third kappa shape index (κ3) is 3.48. The molecule has 0 saturated heterocycles. The summed E-state index contributed by atoms with van der Waals surface area (Å²) in [5.74, 6) is -0.405. The normalized spacial score (nSPS) is 10.0. The molecule has 0 unspecified atom stereocenters. The van der Waals surface area contributed by atoms with Crippen LogP contribution in [0.25, 0.3) is 0 Å². The van der Waals surface area contributed by atoms with Gasteiger partial charge in [0.05, 0.1) is 6.42 Å². The van der Waals surface area contributed by atoms with Gasteiger partial charge in [0.25, 0.3) is 5.56 Å². The largest absolute Gasteiger partial charge is 0.481 e. The van der Waals surface area contributed by atoms with E-state index in [4.69, 9.17) is 10.8 Å². The van der Waals surface area contributed by atoms with Gasteiger partial charge in [0.2, 0.25) is 0 Å². The molecule has 0 bridgehead atoms. The number of carboxylic acid groups (broad SMARTS) is 1. The van der Waals surface area contributed by atoms with Crippen LogP contribution >= 0.6 is 11.8 Å². The predicted octanol–water partition coefficient (Wildman–Crippen LogP) is -0.0811. The summed E-state index contributed by atoms with van der Waals surface area (Å²) in [5.41, 5.74) is 4.99. The zero-order valence-electron chi connectivity index (χ0n) is 7.19. The summed E-state index contributed by atoms with van der Waals surface area (Å²) in [7, 11) is 0. The second-order valence-electron chi connectivity index (χ2n) is 2.47. The van der Waals surface area contributed by atoms with Gasteiger partial charge in [-0.15, -0.1) is 0 Å². The van der Waals surface area contributed by atoms with Crippen LogP contribution in [0.15, 0.2) is 16.0 Å². The Labute approximate surface area is 83.5 Å². The molecule has 0 amide bonds. The van der Waals surface area contributed by atoms with Gasteiger partial charge < -0.3 is 15.8 Å². The number of aromatic nitrogens is 2. The third-order valence-electron chi connectivity index (χ3n) is 1.29. The van der Waals surface area contributed by atoms with Crippen molar-refractivity contribution in [1.82, 2.24) is 9.97 Å². The standard InChI is InChI=1S/C7H9N3O3S/c8-4-3-5(11)10-7(9-4)14-2-1-6(12)13/h3H,1-2H2,(H,12,13)(H3,8,9,10,11). The molecule has 0 saturated carbocycles. The molecular weight excluding hydrogens is 206 g/mol. The third-order valence-corrected chi connectivity index (χ3v) is 2.17. The highest BCUT2D eigenvalue weighted by atomic mass is 32.2. The first-order valence-corrected chi connectivity index (χ1v) is 4.78. The second kappa shape index (κ2) is 4.66. The second-order valence-corrected chi connectivity index (χ2v) is 3.55. The molecule has 0 spiro atoms. The van der Waals surface area contributed by atoms with Gasteiger partial charge in [-0.3, -0.25) is 9.59 Å². The average Bonchev–Trinajstić information content (AvgIpc) is 2.01. The fourth-order valence-electron chi connectivity index (χ4n) is 0.757. The van der Waals surface area contributed by atoms with Gasteiger partial charge in [-0.2, -0.15) is 0 Å². The SMILES string of the molecule is Nc1cc(=O)[nH]c(SCCC(=O)O)n1. The minimum atomic E-state index is -0.885. The number of nitrogens with two attached hydrogens (primary N) is 1. The summed E-state index contributed by atoms with van der Waals surface area (Å²) < 4.78 is 0. The molecule has 76 valence electrons. The van der Waals surface area contributed by atoms with Crippen molar-refractivity contribution >= 4 is 23.5 Å². The fourth-order valence-corrected chi connectivity index (χ4v) is 1.57. The lowest BCUT2D eigenvalue weighted by Crippen LogP contribution is -2.09. The van der Waals surface area contributed by atoms with E-state index in [1.54, 1.807) is 0 Å². The molecule has 0 atom stereocenters. The predicted molar refractivity (Wildman–Crippen MR) is 52.2 cm³/mol. The average molecular weight is 215 g/mol. The Kier molecular flexibility index (Phi) is 3.52. The first-order valence-electron chi connectivity index (χ1n) is 3.79. The summed E-state index contributed by atoms with van der Waals surface area (Å²) in [4.78, 5) is 27.4. The molecule has 1 rings (SSSR count). The number of carboxylic acids is 1. The van der Waals surface area contributed by atoms with Gasteiger partial charge >= 0.3 is 5.97 Å². The molecule has 6 nitrogen and oxygen atoms in total. The highest BCUT2D eigenvalue weighted by molar-refractivity contribution is 7.99. The van der Waals surface area contributed by atoms with Crippen LogP contribution in [0.4, 0.5) is 5.82 Å². The molecule has 0 aliphatic carbocycles. The summed E-state index contributed by atoms with van der Waals surface area (Å²) in [6, 6.07) is 1.17. The maximum Gasteiger partial charge on any atom is 0.304 e. The molecule has 0 fully saturated rings. The van der Waals surface area contributed by atoms with Crippen LogP contribution in [-0.2, 0) is 4.79 Å². The smallest absolute Gasteiger partial charge is 0.304 e. The number of nitrogens with zero attached hydrogens (tertiary/aromatic N) is 1. The van der Waals surface area contributed by atoms with Crippen LogP contribution in [0, 0.1) is 0 Å². The topological polar surface area (TPSA) is 109 Å². The first-order chi connectivity index (χ1) is 6.58. The molecule has 0 aromatic carbocycles. The first kappa shape index (κ1) is 10.6. The molecule has 0 aliphatic rings. The number of aromatic amines is 1. The van der Waals surface area contributed by atoms with Gasteiger partial charge in [-0.05, 0) is 0 Å². The molecule has 1 aromatic heterocycles. The number of carbonyl (C=O) groups is 1. The molecule has 0 radical (unpaired) electrons. The monoisotopic (exact) mass is 215 g/mol. The van der Waals surface area contributed by atoms with Crippen molar-refractivity contribution in [3.8, 4) is 0 Å². The molecule has 14 heavy (non-hydrogen) atoms. The van der Waals surface area contributed by atoms with Crippen LogP contribution in [0.5, 0.6) is 0 Å². The Hall–Kier alpha value is -1.50. The molecule has 7 heteroatoms. The Morgan fingerprint density at radius 2 is 2.43 bits per heavy atom. The van der Waals surface area contributed by atoms with Crippen LogP contribution in [0.2, 0.25) is 0 Å². The Morgan fingerprint density at radius 3 is 3.00 bits per heavy atom. The molecule has 1 aromatic rings. The highest BCUT2D eigenvalue weighted by Gasteiger charge is 2.01. The number of nitrogen functional groups attached to an aromatic ring is 1. The Balaban J connectivity index is 2.59. The van der Waals surface area contributed by atoms with Gasteiger partial charge in [-0.1, -0.05) is 11.8 Å². The summed E-state index contributed by atoms with van der Waals surface area (Å²) in [6.45, 7) is 0. The van der Waals surface area contributed by atoms with E-state index in [1.807, 2.05) is 0 Å². The van der Waals surface area contributed by atoms with Crippen molar-refractivity contribution in [2.45, 2.75) is 11.6 Å². The molecule has 1 heterocycles. The minimum absolute atomic E-state index is 0.0170. The quantitative estimate of drug-likeness (QED) is 0.478. The number of thioether (sulfide) groups is 1. The van der Waals surface area contributed by atoms with Crippen molar-refractivity contribution in [2.24, 2.45) is 0 Å². The lowest BCUT2D eigenvalue weighted by molar-refractivity contribution is -0.136. The lowest BCUT2D eigenvalue weighted by Gasteiger charge is -1.98. The van der Waals surface area contributed by atoms with Gasteiger partial charge in [0.15, 0.2) is 5.16 Å². The Bertz CT molecular complexity index is 390. The number of aliphatic carboxylic acids is 1. The lowest BCUT2D eigenvalue weighted by atomic mass is 10.5. The van der Waals surface area contributed by atoms with E-state index in [9.17, 15) is 9.59 Å².